The van der Waals surface area contributed by atoms with Crippen LogP contribution in [-0.2, 0) is 0 Å². The van der Waals surface area contributed by atoms with E-state index in [0.717, 1.165) is 16.5 Å². The lowest BCUT2D eigenvalue weighted by Gasteiger charge is -2.03. The molecule has 66 valence electrons. The van der Waals surface area contributed by atoms with Gasteiger partial charge in [-0.25, -0.2) is 9.97 Å². The molecule has 4 heteroatoms. The van der Waals surface area contributed by atoms with E-state index in [-0.39, 0.29) is 0 Å². The van der Waals surface area contributed by atoms with Crippen LogP contribution in [0.15, 0.2) is 18.5 Å². The first-order chi connectivity index (χ1) is 6.18. The molecule has 1 aromatic carbocycles. The summed E-state index contributed by atoms with van der Waals surface area (Å²) >= 11 is 5.88. The Morgan fingerprint density at radius 1 is 1.31 bits per heavy atom. The van der Waals surface area contributed by atoms with Crippen LogP contribution in [0.1, 0.15) is 5.56 Å². The molecule has 1 heterocycles. The van der Waals surface area contributed by atoms with Crippen LogP contribution in [0.25, 0.3) is 10.9 Å². The number of aromatic nitrogens is 2. The predicted octanol–water partition coefficient (Wildman–Crippen LogP) is 2.17. The molecule has 2 aromatic rings. The van der Waals surface area contributed by atoms with Crippen LogP contribution < -0.4 is 5.73 Å². The number of benzene rings is 1. The third-order valence-corrected chi connectivity index (χ3v) is 2.14. The van der Waals surface area contributed by atoms with Crippen LogP contribution in [0.5, 0.6) is 0 Å². The van der Waals surface area contributed by atoms with E-state index in [1.54, 1.807) is 6.07 Å². The molecule has 0 spiro atoms. The Morgan fingerprint density at radius 2 is 2.08 bits per heavy atom. The average molecular weight is 194 g/mol. The Morgan fingerprint density at radius 3 is 2.85 bits per heavy atom. The highest BCUT2D eigenvalue weighted by molar-refractivity contribution is 6.31. The van der Waals surface area contributed by atoms with Gasteiger partial charge in [0.25, 0.3) is 0 Å². The summed E-state index contributed by atoms with van der Waals surface area (Å²) in [6.07, 6.45) is 1.46. The number of aryl methyl sites for hydroxylation is 1. The molecule has 1 aromatic heterocycles. The Labute approximate surface area is 80.6 Å². The van der Waals surface area contributed by atoms with Crippen LogP contribution in [0.2, 0.25) is 5.02 Å². The average Bonchev–Trinajstić information content (AvgIpc) is 2.07. The second kappa shape index (κ2) is 2.85. The summed E-state index contributed by atoms with van der Waals surface area (Å²) in [6.45, 7) is 1.95. The van der Waals surface area contributed by atoms with Crippen molar-refractivity contribution in [2.24, 2.45) is 0 Å². The van der Waals surface area contributed by atoms with Crippen LogP contribution >= 0.6 is 11.6 Å². The van der Waals surface area contributed by atoms with E-state index in [0.29, 0.717) is 10.8 Å². The topological polar surface area (TPSA) is 51.8 Å². The molecule has 0 saturated heterocycles. The summed E-state index contributed by atoms with van der Waals surface area (Å²) in [5.74, 6) is 0.468. The van der Waals surface area contributed by atoms with Crippen LogP contribution in [0, 0.1) is 6.92 Å². The van der Waals surface area contributed by atoms with Crippen molar-refractivity contribution < 1.29 is 0 Å². The lowest BCUT2D eigenvalue weighted by atomic mass is 10.1. The number of rotatable bonds is 0. The van der Waals surface area contributed by atoms with Gasteiger partial charge in [0.15, 0.2) is 0 Å². The molecule has 0 radical (unpaired) electrons. The van der Waals surface area contributed by atoms with E-state index in [2.05, 4.69) is 9.97 Å². The molecule has 0 aliphatic rings. The van der Waals surface area contributed by atoms with Gasteiger partial charge in [-0.3, -0.25) is 0 Å². The number of anilines is 1. The van der Waals surface area contributed by atoms with Gasteiger partial charge >= 0.3 is 0 Å². The molecule has 3 nitrogen and oxygen atoms in total. The summed E-state index contributed by atoms with van der Waals surface area (Å²) in [6, 6.07) is 3.63. The Kier molecular flexibility index (Phi) is 1.81. The third-order valence-electron chi connectivity index (χ3n) is 1.92. The van der Waals surface area contributed by atoms with E-state index < -0.39 is 0 Å². The highest BCUT2D eigenvalue weighted by Gasteiger charge is 2.03. The summed E-state index contributed by atoms with van der Waals surface area (Å²) in [5.41, 5.74) is 7.55. The molecule has 0 bridgehead atoms. The van der Waals surface area contributed by atoms with Gasteiger partial charge in [-0.1, -0.05) is 11.6 Å². The van der Waals surface area contributed by atoms with E-state index in [4.69, 9.17) is 17.3 Å². The van der Waals surface area contributed by atoms with E-state index in [9.17, 15) is 0 Å². The maximum absolute atomic E-state index is 5.88. The summed E-state index contributed by atoms with van der Waals surface area (Å²) in [5, 5.41) is 1.47. The van der Waals surface area contributed by atoms with Gasteiger partial charge in [0.05, 0.1) is 5.52 Å². The molecule has 13 heavy (non-hydrogen) atoms. The standard InChI is InChI=1S/C9H8ClN3/c1-5-2-6(10)3-7-8(5)12-4-13-9(7)11/h2-4H,1H3,(H2,11,12,13). The van der Waals surface area contributed by atoms with Crippen molar-refractivity contribution in [3.05, 3.63) is 29.0 Å². The first-order valence-electron chi connectivity index (χ1n) is 3.85. The van der Waals surface area contributed by atoms with Gasteiger partial charge in [0.1, 0.15) is 12.1 Å². The normalized spacial score (nSPS) is 10.6. The number of nitrogens with zero attached hydrogens (tertiary/aromatic N) is 2. The number of hydrogen-bond acceptors (Lipinski definition) is 3. The van der Waals surface area contributed by atoms with Crippen LogP contribution in [-0.4, -0.2) is 9.97 Å². The van der Waals surface area contributed by atoms with Gasteiger partial charge in [0.2, 0.25) is 0 Å². The molecular formula is C9H8ClN3. The largest absolute Gasteiger partial charge is 0.383 e. The summed E-state index contributed by atoms with van der Waals surface area (Å²) in [7, 11) is 0. The zero-order chi connectivity index (χ0) is 9.42. The Balaban J connectivity index is 2.94. The van der Waals surface area contributed by atoms with Crippen molar-refractivity contribution in [2.75, 3.05) is 5.73 Å². The van der Waals surface area contributed by atoms with Crippen LogP contribution in [0.4, 0.5) is 5.82 Å². The first-order valence-corrected chi connectivity index (χ1v) is 4.22. The highest BCUT2D eigenvalue weighted by Crippen LogP contribution is 2.24. The first kappa shape index (κ1) is 8.26. The fourth-order valence-electron chi connectivity index (χ4n) is 1.32. The summed E-state index contributed by atoms with van der Waals surface area (Å²) < 4.78 is 0. The van der Waals surface area contributed by atoms with Crippen molar-refractivity contribution in [1.29, 1.82) is 0 Å². The highest BCUT2D eigenvalue weighted by atomic mass is 35.5. The molecule has 0 saturated carbocycles. The molecule has 0 amide bonds. The van der Waals surface area contributed by atoms with Gasteiger partial charge in [-0.15, -0.1) is 0 Å². The second-order valence-corrected chi connectivity index (χ2v) is 3.31. The molecule has 0 unspecified atom stereocenters. The monoisotopic (exact) mass is 193 g/mol. The van der Waals surface area contributed by atoms with Crippen LogP contribution in [0.3, 0.4) is 0 Å². The fraction of sp³-hybridized carbons (Fsp3) is 0.111. The minimum absolute atomic E-state index is 0.468. The Bertz CT molecular complexity index is 468. The Hall–Kier alpha value is -1.35. The maximum atomic E-state index is 5.88. The van der Waals surface area contributed by atoms with Crippen molar-refractivity contribution >= 4 is 28.3 Å². The number of nitrogen functional groups attached to an aromatic ring is 1. The van der Waals surface area contributed by atoms with Crippen molar-refractivity contribution in [3.63, 3.8) is 0 Å². The number of hydrogen-bond donors (Lipinski definition) is 1. The molecular weight excluding hydrogens is 186 g/mol. The predicted molar refractivity (Wildman–Crippen MR) is 53.7 cm³/mol. The van der Waals surface area contributed by atoms with Crippen molar-refractivity contribution in [3.8, 4) is 0 Å². The molecule has 2 N–H and O–H groups in total. The zero-order valence-electron chi connectivity index (χ0n) is 7.08. The SMILES string of the molecule is Cc1cc(Cl)cc2c(N)ncnc12. The maximum Gasteiger partial charge on any atom is 0.134 e. The number of nitrogens with two attached hydrogens (primary N) is 1. The van der Waals surface area contributed by atoms with Gasteiger partial charge in [0, 0.05) is 10.4 Å². The minimum atomic E-state index is 0.468. The lowest BCUT2D eigenvalue weighted by Crippen LogP contribution is -1.94. The quantitative estimate of drug-likeness (QED) is 0.698. The van der Waals surface area contributed by atoms with Gasteiger partial charge in [-0.05, 0) is 24.6 Å². The third kappa shape index (κ3) is 1.31. The second-order valence-electron chi connectivity index (χ2n) is 2.88. The molecule has 0 fully saturated rings. The minimum Gasteiger partial charge on any atom is -0.383 e. The molecule has 0 aliphatic carbocycles. The van der Waals surface area contributed by atoms with Crippen molar-refractivity contribution in [1.82, 2.24) is 9.97 Å². The zero-order valence-corrected chi connectivity index (χ0v) is 7.84. The number of fused-ring (bicyclic) bond motifs is 1. The van der Waals surface area contributed by atoms with Gasteiger partial charge in [-0.2, -0.15) is 0 Å². The van der Waals surface area contributed by atoms with E-state index in [1.807, 2.05) is 13.0 Å². The smallest absolute Gasteiger partial charge is 0.134 e. The van der Waals surface area contributed by atoms with E-state index >= 15 is 0 Å². The van der Waals surface area contributed by atoms with Crippen molar-refractivity contribution in [2.45, 2.75) is 6.92 Å². The molecule has 0 aliphatic heterocycles. The molecule has 2 rings (SSSR count). The molecule has 0 atom stereocenters. The van der Waals surface area contributed by atoms with Gasteiger partial charge < -0.3 is 5.73 Å². The lowest BCUT2D eigenvalue weighted by molar-refractivity contribution is 1.22. The van der Waals surface area contributed by atoms with E-state index in [1.165, 1.54) is 6.33 Å². The summed E-state index contributed by atoms with van der Waals surface area (Å²) in [4.78, 5) is 8.03. The number of halogens is 1. The fourth-order valence-corrected chi connectivity index (χ4v) is 1.59.